The van der Waals surface area contributed by atoms with Crippen molar-refractivity contribution >= 4 is 57.6 Å². The molecule has 2 N–H and O–H groups in total. The second-order valence-electron chi connectivity index (χ2n) is 9.74. The zero-order valence-corrected chi connectivity index (χ0v) is 24.8. The molecule has 7 nitrogen and oxygen atoms in total. The molecule has 42 heavy (non-hydrogen) atoms. The van der Waals surface area contributed by atoms with Crippen molar-refractivity contribution < 1.29 is 19.1 Å². The van der Waals surface area contributed by atoms with Gasteiger partial charge >= 0.3 is 5.97 Å². The van der Waals surface area contributed by atoms with E-state index in [1.165, 1.54) is 41.8 Å². The van der Waals surface area contributed by atoms with Gasteiger partial charge in [-0.3, -0.25) is 14.5 Å². The Hall–Kier alpha value is -4.18. The minimum atomic E-state index is -0.434. The lowest BCUT2D eigenvalue weighted by molar-refractivity contribution is -0.114. The quantitative estimate of drug-likeness (QED) is 0.124. The van der Waals surface area contributed by atoms with Crippen LogP contribution in [0.4, 0.5) is 10.7 Å². The van der Waals surface area contributed by atoms with Crippen molar-refractivity contribution in [2.24, 2.45) is 0 Å². The number of carbonyl (C=O) groups excluding carboxylic acids is 3. The predicted molar refractivity (Wildman–Crippen MR) is 170 cm³/mol. The maximum atomic E-state index is 13.0. The normalized spacial score (nSPS) is 13.0. The summed E-state index contributed by atoms with van der Waals surface area (Å²) in [5.74, 6) is -0.742. The summed E-state index contributed by atoms with van der Waals surface area (Å²) in [6.07, 6.45) is 3.96. The number of thiophene rings is 1. The number of rotatable bonds is 10. The monoisotopic (exact) mass is 597 g/mol. The number of nitrogens with zero attached hydrogens (tertiary/aromatic N) is 1. The van der Waals surface area contributed by atoms with Crippen LogP contribution in [0.3, 0.4) is 0 Å². The Morgan fingerprint density at radius 3 is 2.50 bits per heavy atom. The minimum Gasteiger partial charge on any atom is -0.465 e. The van der Waals surface area contributed by atoms with Gasteiger partial charge in [0.1, 0.15) is 5.00 Å². The molecule has 3 aromatic carbocycles. The molecule has 1 aliphatic rings. The maximum Gasteiger partial charge on any atom is 0.341 e. The molecule has 4 aromatic rings. The number of benzene rings is 3. The lowest BCUT2D eigenvalue weighted by Gasteiger charge is -2.27. The molecule has 0 fully saturated rings. The SMILES string of the molecule is COC(=O)c1c(NC(=O)CSc2cccc(NC(=O)/C=C/c3ccccc3)c2)sc2c1CCN(Cc1ccccc1)C2. The zero-order valence-electron chi connectivity index (χ0n) is 23.2. The van der Waals surface area contributed by atoms with E-state index in [4.69, 9.17) is 4.74 Å². The first-order valence-electron chi connectivity index (χ1n) is 13.5. The number of fused-ring (bicyclic) bond motifs is 1. The van der Waals surface area contributed by atoms with Gasteiger partial charge < -0.3 is 15.4 Å². The van der Waals surface area contributed by atoms with Crippen molar-refractivity contribution in [3.05, 3.63) is 118 Å². The third-order valence-corrected chi connectivity index (χ3v) is 8.85. The Kier molecular flexibility index (Phi) is 9.86. The van der Waals surface area contributed by atoms with Crippen LogP contribution in [0.25, 0.3) is 6.08 Å². The van der Waals surface area contributed by atoms with Crippen LogP contribution < -0.4 is 10.6 Å². The van der Waals surface area contributed by atoms with Crippen LogP contribution in [0, 0.1) is 0 Å². The van der Waals surface area contributed by atoms with E-state index >= 15 is 0 Å². The molecule has 0 spiro atoms. The summed E-state index contributed by atoms with van der Waals surface area (Å²) >= 11 is 2.80. The van der Waals surface area contributed by atoms with Crippen LogP contribution in [0.5, 0.6) is 0 Å². The lowest BCUT2D eigenvalue weighted by atomic mass is 10.0. The van der Waals surface area contributed by atoms with E-state index in [9.17, 15) is 14.4 Å². The number of methoxy groups -OCH3 is 1. The standard InChI is InChI=1S/C33H31N3O4S2/c1-40-33(39)31-27-17-18-36(20-24-11-6-3-7-12-24)21-28(27)42-32(31)35-30(38)22-41-26-14-8-13-25(19-26)34-29(37)16-15-23-9-4-2-5-10-23/h2-16,19H,17-18,20-22H2,1H3,(H,34,37)(H,35,38)/b16-15+. The summed E-state index contributed by atoms with van der Waals surface area (Å²) in [5, 5.41) is 6.35. The first-order valence-corrected chi connectivity index (χ1v) is 15.3. The average Bonchev–Trinajstić information content (AvgIpc) is 3.36. The van der Waals surface area contributed by atoms with E-state index in [1.54, 1.807) is 12.1 Å². The second-order valence-corrected chi connectivity index (χ2v) is 11.9. The number of hydrogen-bond donors (Lipinski definition) is 2. The highest BCUT2D eigenvalue weighted by atomic mass is 32.2. The number of nitrogens with one attached hydrogen (secondary N) is 2. The van der Waals surface area contributed by atoms with Crippen molar-refractivity contribution in [2.75, 3.05) is 30.0 Å². The number of amides is 2. The van der Waals surface area contributed by atoms with Gasteiger partial charge in [-0.05, 0) is 47.4 Å². The Balaban J connectivity index is 1.19. The van der Waals surface area contributed by atoms with Crippen LogP contribution in [-0.4, -0.2) is 42.1 Å². The molecule has 9 heteroatoms. The highest BCUT2D eigenvalue weighted by Crippen LogP contribution is 2.38. The smallest absolute Gasteiger partial charge is 0.341 e. The molecule has 0 unspecified atom stereocenters. The van der Waals surface area contributed by atoms with E-state index in [1.807, 2.05) is 66.7 Å². The predicted octanol–water partition coefficient (Wildman–Crippen LogP) is 6.48. The van der Waals surface area contributed by atoms with Gasteiger partial charge in [-0.2, -0.15) is 0 Å². The van der Waals surface area contributed by atoms with Gasteiger partial charge in [-0.15, -0.1) is 23.1 Å². The molecule has 214 valence electrons. The number of esters is 1. The van der Waals surface area contributed by atoms with Crippen LogP contribution in [0.15, 0.2) is 95.9 Å². The summed E-state index contributed by atoms with van der Waals surface area (Å²) in [4.78, 5) is 42.3. The van der Waals surface area contributed by atoms with E-state index in [0.29, 0.717) is 29.2 Å². The van der Waals surface area contributed by atoms with Crippen LogP contribution in [0.2, 0.25) is 0 Å². The molecule has 1 aromatic heterocycles. The highest BCUT2D eigenvalue weighted by Gasteiger charge is 2.29. The number of thioether (sulfide) groups is 1. The molecular weight excluding hydrogens is 567 g/mol. The van der Waals surface area contributed by atoms with E-state index < -0.39 is 5.97 Å². The molecule has 0 atom stereocenters. The molecule has 0 saturated carbocycles. The van der Waals surface area contributed by atoms with Gasteiger partial charge in [0.2, 0.25) is 11.8 Å². The summed E-state index contributed by atoms with van der Waals surface area (Å²) in [6, 6.07) is 27.3. The van der Waals surface area contributed by atoms with Gasteiger partial charge in [0, 0.05) is 41.2 Å². The molecule has 0 saturated heterocycles. The van der Waals surface area contributed by atoms with E-state index in [0.717, 1.165) is 34.0 Å². The van der Waals surface area contributed by atoms with E-state index in [-0.39, 0.29) is 17.6 Å². The summed E-state index contributed by atoms with van der Waals surface area (Å²) in [6.45, 7) is 2.36. The Bertz CT molecular complexity index is 1590. The fourth-order valence-corrected chi connectivity index (χ4v) is 6.78. The van der Waals surface area contributed by atoms with Gasteiger partial charge in [0.25, 0.3) is 0 Å². The summed E-state index contributed by atoms with van der Waals surface area (Å²) < 4.78 is 5.08. The van der Waals surface area contributed by atoms with Gasteiger partial charge in [0.05, 0.1) is 18.4 Å². The number of anilines is 2. The van der Waals surface area contributed by atoms with E-state index in [2.05, 4.69) is 27.7 Å². The van der Waals surface area contributed by atoms with Gasteiger partial charge in [0.15, 0.2) is 0 Å². The van der Waals surface area contributed by atoms with Gasteiger partial charge in [-0.1, -0.05) is 66.7 Å². The average molecular weight is 598 g/mol. The molecule has 2 heterocycles. The summed E-state index contributed by atoms with van der Waals surface area (Å²) in [5.41, 5.74) is 4.24. The number of ether oxygens (including phenoxy) is 1. The molecule has 1 aliphatic heterocycles. The number of hydrogen-bond acceptors (Lipinski definition) is 7. The van der Waals surface area contributed by atoms with Crippen molar-refractivity contribution in [3.8, 4) is 0 Å². The number of carbonyl (C=O) groups is 3. The Labute approximate surface area is 253 Å². The highest BCUT2D eigenvalue weighted by molar-refractivity contribution is 8.00. The van der Waals surface area contributed by atoms with Crippen LogP contribution in [0.1, 0.15) is 31.9 Å². The van der Waals surface area contributed by atoms with Crippen molar-refractivity contribution in [2.45, 2.75) is 24.4 Å². The van der Waals surface area contributed by atoms with Crippen LogP contribution in [-0.2, 0) is 33.8 Å². The first kappa shape index (κ1) is 29.3. The fraction of sp³-hybridized carbons (Fsp3) is 0.182. The third-order valence-electron chi connectivity index (χ3n) is 6.73. The minimum absolute atomic E-state index is 0.147. The maximum absolute atomic E-state index is 13.0. The molecule has 5 rings (SSSR count). The molecule has 0 radical (unpaired) electrons. The molecule has 2 amide bonds. The molecular formula is C33H31N3O4S2. The van der Waals surface area contributed by atoms with Crippen LogP contribution >= 0.6 is 23.1 Å². The van der Waals surface area contributed by atoms with Gasteiger partial charge in [-0.25, -0.2) is 4.79 Å². The second kappa shape index (κ2) is 14.1. The largest absolute Gasteiger partial charge is 0.465 e. The first-order chi connectivity index (χ1) is 20.5. The fourth-order valence-electron chi connectivity index (χ4n) is 4.73. The third kappa shape index (κ3) is 7.76. The van der Waals surface area contributed by atoms with Crippen molar-refractivity contribution in [1.29, 1.82) is 0 Å². The van der Waals surface area contributed by atoms with Crippen molar-refractivity contribution in [3.63, 3.8) is 0 Å². The molecule has 0 bridgehead atoms. The lowest BCUT2D eigenvalue weighted by Crippen LogP contribution is -2.29. The topological polar surface area (TPSA) is 87.7 Å². The molecule has 0 aliphatic carbocycles. The Morgan fingerprint density at radius 2 is 1.74 bits per heavy atom. The zero-order chi connectivity index (χ0) is 29.3. The Morgan fingerprint density at radius 1 is 0.976 bits per heavy atom. The van der Waals surface area contributed by atoms with Crippen molar-refractivity contribution in [1.82, 2.24) is 4.90 Å². The summed E-state index contributed by atoms with van der Waals surface area (Å²) in [7, 11) is 1.36.